The number of unbranched alkanes of at least 4 members (excludes halogenated alkanes) is 1. The molecule has 0 aliphatic heterocycles. The summed E-state index contributed by atoms with van der Waals surface area (Å²) in [4.78, 5) is 11.4. The van der Waals surface area contributed by atoms with Gasteiger partial charge in [0.25, 0.3) is 0 Å². The molecule has 0 aromatic rings. The van der Waals surface area contributed by atoms with Gasteiger partial charge in [0.15, 0.2) is 0 Å². The fourth-order valence-electron chi connectivity index (χ4n) is 1.31. The molecule has 0 aromatic carbocycles. The van der Waals surface area contributed by atoms with Gasteiger partial charge in [-0.3, -0.25) is 4.79 Å². The predicted molar refractivity (Wildman–Crippen MR) is 61.6 cm³/mol. The van der Waals surface area contributed by atoms with Gasteiger partial charge in [-0.15, -0.1) is 0 Å². The van der Waals surface area contributed by atoms with E-state index < -0.39 is 6.10 Å². The molecule has 4 nitrogen and oxygen atoms in total. The number of nitrogens with two attached hydrogens (primary N) is 1. The lowest BCUT2D eigenvalue weighted by Crippen LogP contribution is -2.40. The number of carbonyl (C=O) groups excluding carboxylic acids is 1. The fourth-order valence-corrected chi connectivity index (χ4v) is 1.31. The van der Waals surface area contributed by atoms with E-state index >= 15 is 0 Å². The molecule has 0 heterocycles. The van der Waals surface area contributed by atoms with Gasteiger partial charge in [0, 0.05) is 20.2 Å². The highest BCUT2D eigenvalue weighted by atomic mass is 16.5. The molecule has 0 saturated heterocycles. The van der Waals surface area contributed by atoms with E-state index in [9.17, 15) is 4.79 Å². The Balaban J connectivity index is 3.46. The Hall–Kier alpha value is -0.610. The normalized spacial score (nSPS) is 12.9. The topological polar surface area (TPSA) is 64.3 Å². The number of ether oxygens (including phenoxy) is 1. The summed E-state index contributed by atoms with van der Waals surface area (Å²) in [5.41, 5.74) is 5.37. The zero-order valence-electron chi connectivity index (χ0n) is 10.1. The summed E-state index contributed by atoms with van der Waals surface area (Å²) in [7, 11) is 1.50. The van der Waals surface area contributed by atoms with Crippen LogP contribution >= 0.6 is 0 Å². The molecule has 0 radical (unpaired) electrons. The average Bonchev–Trinajstić information content (AvgIpc) is 2.18. The molecule has 0 fully saturated rings. The molecule has 0 bridgehead atoms. The van der Waals surface area contributed by atoms with Crippen molar-refractivity contribution < 1.29 is 9.53 Å². The Morgan fingerprint density at radius 1 is 1.40 bits per heavy atom. The molecule has 0 aliphatic carbocycles. The second kappa shape index (κ2) is 8.68. The molecule has 0 saturated carbocycles. The van der Waals surface area contributed by atoms with Gasteiger partial charge in [0.05, 0.1) is 0 Å². The monoisotopic (exact) mass is 216 g/mol. The van der Waals surface area contributed by atoms with E-state index in [-0.39, 0.29) is 12.5 Å². The van der Waals surface area contributed by atoms with Crippen molar-refractivity contribution in [1.29, 1.82) is 0 Å². The van der Waals surface area contributed by atoms with Gasteiger partial charge < -0.3 is 15.8 Å². The smallest absolute Gasteiger partial charge is 0.250 e. The second-order valence-corrected chi connectivity index (χ2v) is 4.14. The Morgan fingerprint density at radius 2 is 2.07 bits per heavy atom. The lowest BCUT2D eigenvalue weighted by molar-refractivity contribution is -0.130. The van der Waals surface area contributed by atoms with Gasteiger partial charge in [0.2, 0.25) is 5.91 Å². The van der Waals surface area contributed by atoms with E-state index in [1.807, 2.05) is 0 Å². The van der Waals surface area contributed by atoms with Crippen LogP contribution in [-0.4, -0.2) is 32.2 Å². The average molecular weight is 216 g/mol. The number of carbonyl (C=O) groups is 1. The predicted octanol–water partition coefficient (Wildman–Crippen LogP) is 0.903. The van der Waals surface area contributed by atoms with Crippen molar-refractivity contribution in [3.05, 3.63) is 0 Å². The molecule has 1 unspecified atom stereocenters. The summed E-state index contributed by atoms with van der Waals surface area (Å²) in [5, 5.41) is 2.81. The Bertz CT molecular complexity index is 168. The van der Waals surface area contributed by atoms with Crippen molar-refractivity contribution in [2.24, 2.45) is 11.7 Å². The van der Waals surface area contributed by atoms with Crippen LogP contribution in [0.25, 0.3) is 0 Å². The van der Waals surface area contributed by atoms with Crippen LogP contribution in [0.15, 0.2) is 0 Å². The van der Waals surface area contributed by atoms with Gasteiger partial charge in [-0.2, -0.15) is 0 Å². The number of methoxy groups -OCH3 is 1. The molecule has 0 spiro atoms. The molecule has 15 heavy (non-hydrogen) atoms. The SMILES string of the molecule is COC(CN)C(=O)NCCCCC(C)C. The highest BCUT2D eigenvalue weighted by molar-refractivity contribution is 5.80. The van der Waals surface area contributed by atoms with Crippen LogP contribution in [0.1, 0.15) is 33.1 Å². The van der Waals surface area contributed by atoms with E-state index in [1.165, 1.54) is 13.5 Å². The summed E-state index contributed by atoms with van der Waals surface area (Å²) in [5.74, 6) is 0.626. The quantitative estimate of drug-likeness (QED) is 0.593. The fraction of sp³-hybridized carbons (Fsp3) is 0.909. The van der Waals surface area contributed by atoms with Crippen LogP contribution in [0.5, 0.6) is 0 Å². The van der Waals surface area contributed by atoms with Crippen LogP contribution in [-0.2, 0) is 9.53 Å². The first kappa shape index (κ1) is 14.4. The minimum absolute atomic E-state index is 0.107. The Kier molecular flexibility index (Phi) is 8.33. The lowest BCUT2D eigenvalue weighted by atomic mass is 10.1. The van der Waals surface area contributed by atoms with Crippen LogP contribution in [0.3, 0.4) is 0 Å². The van der Waals surface area contributed by atoms with E-state index in [2.05, 4.69) is 19.2 Å². The standard InChI is InChI=1S/C11H24N2O2/c1-9(2)6-4-5-7-13-11(14)10(8-12)15-3/h9-10H,4-8,12H2,1-3H3,(H,13,14). The van der Waals surface area contributed by atoms with Crippen molar-refractivity contribution in [1.82, 2.24) is 5.32 Å². The third-order valence-electron chi connectivity index (χ3n) is 2.30. The second-order valence-electron chi connectivity index (χ2n) is 4.14. The first-order valence-corrected chi connectivity index (χ1v) is 5.62. The zero-order chi connectivity index (χ0) is 11.7. The van der Waals surface area contributed by atoms with Crippen molar-refractivity contribution >= 4 is 5.91 Å². The summed E-state index contributed by atoms with van der Waals surface area (Å²) in [6.07, 6.45) is 2.87. The minimum atomic E-state index is -0.505. The molecule has 90 valence electrons. The summed E-state index contributed by atoms with van der Waals surface area (Å²) in [6.45, 7) is 5.35. The third-order valence-corrected chi connectivity index (χ3v) is 2.30. The number of amides is 1. The van der Waals surface area contributed by atoms with Gasteiger partial charge in [0.1, 0.15) is 6.10 Å². The van der Waals surface area contributed by atoms with Crippen molar-refractivity contribution in [3.63, 3.8) is 0 Å². The molecule has 4 heteroatoms. The van der Waals surface area contributed by atoms with Crippen molar-refractivity contribution in [2.45, 2.75) is 39.2 Å². The number of nitrogens with one attached hydrogen (secondary N) is 1. The number of hydrogen-bond donors (Lipinski definition) is 2. The Morgan fingerprint density at radius 3 is 2.53 bits per heavy atom. The minimum Gasteiger partial charge on any atom is -0.370 e. The number of hydrogen-bond acceptors (Lipinski definition) is 3. The van der Waals surface area contributed by atoms with E-state index in [0.29, 0.717) is 6.54 Å². The molecular formula is C11H24N2O2. The highest BCUT2D eigenvalue weighted by Gasteiger charge is 2.14. The first-order valence-electron chi connectivity index (χ1n) is 5.62. The highest BCUT2D eigenvalue weighted by Crippen LogP contribution is 2.05. The van der Waals surface area contributed by atoms with Gasteiger partial charge in [-0.05, 0) is 12.3 Å². The third kappa shape index (κ3) is 7.33. The van der Waals surface area contributed by atoms with E-state index in [1.54, 1.807) is 0 Å². The van der Waals surface area contributed by atoms with Crippen LogP contribution in [0.2, 0.25) is 0 Å². The maximum Gasteiger partial charge on any atom is 0.250 e. The summed E-state index contributed by atoms with van der Waals surface area (Å²) in [6, 6.07) is 0. The molecule has 3 N–H and O–H groups in total. The molecule has 1 atom stereocenters. The number of rotatable bonds is 8. The van der Waals surface area contributed by atoms with E-state index in [0.717, 1.165) is 18.8 Å². The molecular weight excluding hydrogens is 192 g/mol. The maximum atomic E-state index is 11.4. The molecule has 0 aromatic heterocycles. The lowest BCUT2D eigenvalue weighted by Gasteiger charge is -2.13. The van der Waals surface area contributed by atoms with E-state index in [4.69, 9.17) is 10.5 Å². The summed E-state index contributed by atoms with van der Waals surface area (Å²) >= 11 is 0. The molecule has 1 amide bonds. The van der Waals surface area contributed by atoms with Crippen LogP contribution in [0.4, 0.5) is 0 Å². The first-order chi connectivity index (χ1) is 7.11. The van der Waals surface area contributed by atoms with Crippen LogP contribution in [0, 0.1) is 5.92 Å². The molecule has 0 rings (SSSR count). The maximum absolute atomic E-state index is 11.4. The molecule has 0 aliphatic rings. The van der Waals surface area contributed by atoms with Crippen molar-refractivity contribution in [3.8, 4) is 0 Å². The van der Waals surface area contributed by atoms with Gasteiger partial charge in [-0.1, -0.05) is 26.7 Å². The Labute approximate surface area is 92.6 Å². The van der Waals surface area contributed by atoms with Gasteiger partial charge in [-0.25, -0.2) is 0 Å². The largest absolute Gasteiger partial charge is 0.370 e. The van der Waals surface area contributed by atoms with Crippen LogP contribution < -0.4 is 11.1 Å². The van der Waals surface area contributed by atoms with Crippen molar-refractivity contribution in [2.75, 3.05) is 20.2 Å². The van der Waals surface area contributed by atoms with Gasteiger partial charge >= 0.3 is 0 Å². The summed E-state index contributed by atoms with van der Waals surface area (Å²) < 4.78 is 4.92. The zero-order valence-corrected chi connectivity index (χ0v) is 10.1.